The lowest BCUT2D eigenvalue weighted by Crippen LogP contribution is -2.23. The third-order valence-corrected chi connectivity index (χ3v) is 9.25. The second-order valence-electron chi connectivity index (χ2n) is 12.5. The SMILES string of the molecule is CN(C)CCNc1nc(NCCN(C)C)nc(Nc2ccc(Nc3ccc(NS(=O)(=O)c4ccc5[nH]c6ccccc6c(=O)c5c4)cc3)cc2)n1. The van der Waals surface area contributed by atoms with E-state index < -0.39 is 10.0 Å². The first-order valence-electron chi connectivity index (χ1n) is 16.4. The van der Waals surface area contributed by atoms with Gasteiger partial charge < -0.3 is 36.1 Å². The Hall–Kier alpha value is -5.77. The van der Waals surface area contributed by atoms with E-state index in [1.165, 1.54) is 12.1 Å². The van der Waals surface area contributed by atoms with Crippen molar-refractivity contribution in [2.45, 2.75) is 4.90 Å². The third kappa shape index (κ3) is 9.08. The zero-order chi connectivity index (χ0) is 36.0. The van der Waals surface area contributed by atoms with Crippen LogP contribution in [0.25, 0.3) is 21.8 Å². The van der Waals surface area contributed by atoms with Crippen molar-refractivity contribution >= 4 is 72.4 Å². The van der Waals surface area contributed by atoms with E-state index in [0.717, 1.165) is 30.2 Å². The number of aromatic nitrogens is 4. The Balaban J connectivity index is 1.09. The van der Waals surface area contributed by atoms with Crippen molar-refractivity contribution in [1.82, 2.24) is 29.7 Å². The smallest absolute Gasteiger partial charge is 0.261 e. The summed E-state index contributed by atoms with van der Waals surface area (Å²) in [7, 11) is 4.08. The number of hydrogen-bond donors (Lipinski definition) is 6. The molecule has 0 aliphatic rings. The van der Waals surface area contributed by atoms with Gasteiger partial charge in [-0.1, -0.05) is 12.1 Å². The van der Waals surface area contributed by atoms with Gasteiger partial charge in [0.1, 0.15) is 0 Å². The summed E-state index contributed by atoms with van der Waals surface area (Å²) >= 11 is 0. The molecule has 2 heterocycles. The zero-order valence-corrected chi connectivity index (χ0v) is 29.7. The molecule has 6 N–H and O–H groups in total. The fraction of sp³-hybridized carbons (Fsp3) is 0.222. The minimum atomic E-state index is -3.96. The Bertz CT molecular complexity index is 2260. The maximum absolute atomic E-state index is 13.3. The number of benzene rings is 4. The fourth-order valence-corrected chi connectivity index (χ4v) is 6.29. The number of nitrogens with one attached hydrogen (secondary N) is 6. The Morgan fingerprint density at radius 1 is 0.608 bits per heavy atom. The van der Waals surface area contributed by atoms with Crippen LogP contribution in [0.15, 0.2) is 101 Å². The van der Waals surface area contributed by atoms with Crippen molar-refractivity contribution in [3.05, 3.63) is 101 Å². The summed E-state index contributed by atoms with van der Waals surface area (Å²) in [4.78, 5) is 34.0. The maximum atomic E-state index is 13.3. The number of para-hydroxylation sites is 1. The highest BCUT2D eigenvalue weighted by atomic mass is 32.2. The highest BCUT2D eigenvalue weighted by Gasteiger charge is 2.17. The molecule has 0 saturated heterocycles. The van der Waals surface area contributed by atoms with Crippen molar-refractivity contribution < 1.29 is 8.42 Å². The van der Waals surface area contributed by atoms with Gasteiger partial charge in [0.25, 0.3) is 10.0 Å². The fourth-order valence-electron chi connectivity index (χ4n) is 5.21. The van der Waals surface area contributed by atoms with Crippen molar-refractivity contribution in [1.29, 1.82) is 0 Å². The van der Waals surface area contributed by atoms with Crippen LogP contribution >= 0.6 is 0 Å². The van der Waals surface area contributed by atoms with E-state index in [2.05, 4.69) is 55.7 Å². The number of H-pyrrole nitrogens is 1. The number of fused-ring (bicyclic) bond motifs is 2. The molecule has 0 aliphatic heterocycles. The van der Waals surface area contributed by atoms with Gasteiger partial charge in [-0.15, -0.1) is 0 Å². The summed E-state index contributed by atoms with van der Waals surface area (Å²) in [5.74, 6) is 1.37. The monoisotopic (exact) mass is 707 g/mol. The molecular weight excluding hydrogens is 667 g/mol. The van der Waals surface area contributed by atoms with Crippen LogP contribution in [0, 0.1) is 0 Å². The number of sulfonamides is 1. The van der Waals surface area contributed by atoms with Crippen molar-refractivity contribution in [3.63, 3.8) is 0 Å². The summed E-state index contributed by atoms with van der Waals surface area (Å²) in [6.07, 6.45) is 0. The molecule has 0 atom stereocenters. The number of likely N-dealkylation sites (N-methyl/N-ethyl adjacent to an activating group) is 2. The molecule has 0 aliphatic carbocycles. The number of rotatable bonds is 15. The average molecular weight is 708 g/mol. The molecule has 4 aromatic carbocycles. The van der Waals surface area contributed by atoms with Crippen molar-refractivity contribution in [2.75, 3.05) is 80.4 Å². The molecule has 0 amide bonds. The molecular formula is C36H41N11O3S. The minimum absolute atomic E-state index is 0.00234. The summed E-state index contributed by atoms with van der Waals surface area (Å²) in [5, 5.41) is 13.9. The van der Waals surface area contributed by atoms with Crippen molar-refractivity contribution in [2.24, 2.45) is 0 Å². The molecule has 264 valence electrons. The molecule has 15 heteroatoms. The van der Waals surface area contributed by atoms with Crippen LogP contribution < -0.4 is 31.4 Å². The molecule has 2 aromatic heterocycles. The topological polar surface area (TPSA) is 172 Å². The second-order valence-corrected chi connectivity index (χ2v) is 14.2. The van der Waals surface area contributed by atoms with E-state index in [9.17, 15) is 13.2 Å². The van der Waals surface area contributed by atoms with E-state index in [1.54, 1.807) is 42.5 Å². The van der Waals surface area contributed by atoms with Gasteiger partial charge in [0.15, 0.2) is 5.43 Å². The molecule has 0 saturated carbocycles. The molecule has 0 unspecified atom stereocenters. The van der Waals surface area contributed by atoms with Crippen LogP contribution in [-0.2, 0) is 10.0 Å². The molecule has 6 aromatic rings. The van der Waals surface area contributed by atoms with Gasteiger partial charge in [0.2, 0.25) is 17.8 Å². The van der Waals surface area contributed by atoms with Gasteiger partial charge in [0.05, 0.1) is 4.90 Å². The highest BCUT2D eigenvalue weighted by Crippen LogP contribution is 2.25. The van der Waals surface area contributed by atoms with Crippen LogP contribution in [0.5, 0.6) is 0 Å². The number of hydrogen-bond acceptors (Lipinski definition) is 12. The van der Waals surface area contributed by atoms with Gasteiger partial charge in [-0.2, -0.15) is 15.0 Å². The zero-order valence-electron chi connectivity index (χ0n) is 28.9. The molecule has 0 bridgehead atoms. The van der Waals surface area contributed by atoms with Crippen LogP contribution in [0.2, 0.25) is 0 Å². The molecule has 0 spiro atoms. The standard InChI is InChI=1S/C36H41N11O3S/c1-46(2)21-19-37-34-42-35(38-20-22-47(3)4)44-36(43-34)40-26-11-9-24(10-12-26)39-25-13-15-27(16-14-25)45-51(49,50)28-17-18-32-30(23-28)33(48)29-7-5-6-8-31(29)41-32/h5-18,23,39,45H,19-22H2,1-4H3,(H,41,48)(H3,37,38,40,42,43,44). The van der Waals surface area contributed by atoms with Gasteiger partial charge in [-0.05, 0) is 107 Å². The van der Waals surface area contributed by atoms with Crippen LogP contribution in [0.4, 0.5) is 40.6 Å². The number of pyridine rings is 1. The lowest BCUT2D eigenvalue weighted by atomic mass is 10.1. The first-order valence-corrected chi connectivity index (χ1v) is 17.9. The Kier molecular flexibility index (Phi) is 10.6. The van der Waals surface area contributed by atoms with E-state index in [-0.39, 0.29) is 10.3 Å². The number of aromatic amines is 1. The molecule has 0 fully saturated rings. The maximum Gasteiger partial charge on any atom is 0.261 e. The molecule has 14 nitrogen and oxygen atoms in total. The minimum Gasteiger partial charge on any atom is -0.356 e. The largest absolute Gasteiger partial charge is 0.356 e. The average Bonchev–Trinajstić information content (AvgIpc) is 3.09. The van der Waals surface area contributed by atoms with Crippen molar-refractivity contribution in [3.8, 4) is 0 Å². The summed E-state index contributed by atoms with van der Waals surface area (Å²) in [5.41, 5.74) is 3.81. The van der Waals surface area contributed by atoms with Gasteiger partial charge in [0, 0.05) is 70.7 Å². The Morgan fingerprint density at radius 2 is 1.12 bits per heavy atom. The highest BCUT2D eigenvalue weighted by molar-refractivity contribution is 7.92. The van der Waals surface area contributed by atoms with E-state index in [4.69, 9.17) is 0 Å². The first kappa shape index (κ1) is 35.1. The van der Waals surface area contributed by atoms with Gasteiger partial charge in [-0.25, -0.2) is 8.42 Å². The van der Waals surface area contributed by atoms with Crippen LogP contribution in [0.1, 0.15) is 0 Å². The Morgan fingerprint density at radius 3 is 1.71 bits per heavy atom. The first-order chi connectivity index (χ1) is 24.5. The quantitative estimate of drug-likeness (QED) is 0.0782. The van der Waals surface area contributed by atoms with Gasteiger partial charge >= 0.3 is 0 Å². The van der Waals surface area contributed by atoms with E-state index >= 15 is 0 Å². The molecule has 51 heavy (non-hydrogen) atoms. The number of nitrogens with zero attached hydrogens (tertiary/aromatic N) is 5. The second kappa shape index (κ2) is 15.4. The summed E-state index contributed by atoms with van der Waals surface area (Å²) in [6.45, 7) is 3.03. The molecule has 6 rings (SSSR count). The summed E-state index contributed by atoms with van der Waals surface area (Å²) < 4.78 is 29.2. The molecule has 0 radical (unpaired) electrons. The Labute approximate surface area is 296 Å². The van der Waals surface area contributed by atoms with E-state index in [1.807, 2.05) is 64.6 Å². The van der Waals surface area contributed by atoms with Gasteiger partial charge in [-0.3, -0.25) is 9.52 Å². The van der Waals surface area contributed by atoms with E-state index in [0.29, 0.717) is 58.4 Å². The predicted molar refractivity (Wildman–Crippen MR) is 206 cm³/mol. The predicted octanol–water partition coefficient (Wildman–Crippen LogP) is 5.10. The third-order valence-electron chi connectivity index (χ3n) is 7.87. The van der Waals surface area contributed by atoms with Crippen LogP contribution in [-0.4, -0.2) is 92.5 Å². The van der Waals surface area contributed by atoms with Crippen LogP contribution in [0.3, 0.4) is 0 Å². The summed E-state index contributed by atoms with van der Waals surface area (Å²) in [6, 6.07) is 26.2. The number of anilines is 7. The lowest BCUT2D eigenvalue weighted by Gasteiger charge is -2.14. The normalized spacial score (nSPS) is 11.6. The lowest BCUT2D eigenvalue weighted by molar-refractivity contribution is 0.424.